The van der Waals surface area contributed by atoms with Crippen LogP contribution < -0.4 is 0 Å². The Morgan fingerprint density at radius 2 is 0.377 bits per heavy atom. The van der Waals surface area contributed by atoms with Crippen LogP contribution in [-0.2, 0) is 0 Å². The maximum absolute atomic E-state index is 3.86. The predicted molar refractivity (Wildman–Crippen MR) is 275 cm³/mol. The summed E-state index contributed by atoms with van der Waals surface area (Å²) in [5, 5.41) is 0. The molecule has 0 bridgehead atoms. The van der Waals surface area contributed by atoms with Crippen LogP contribution in [0.3, 0.4) is 0 Å². The second-order valence-corrected chi connectivity index (χ2v) is 19.4. The van der Waals surface area contributed by atoms with E-state index in [0.29, 0.717) is 47.3 Å². The number of hydrogen-bond acceptors (Lipinski definition) is 0. The van der Waals surface area contributed by atoms with E-state index in [1.807, 2.05) is 0 Å². The molecule has 61 heavy (non-hydrogen) atoms. The molecule has 0 saturated heterocycles. The van der Waals surface area contributed by atoms with Crippen LogP contribution in [0.15, 0.2) is 109 Å². The molecule has 0 atom stereocenters. The van der Waals surface area contributed by atoms with Crippen molar-refractivity contribution >= 4 is 27.3 Å². The summed E-state index contributed by atoms with van der Waals surface area (Å²) < 4.78 is 0. The fourth-order valence-corrected chi connectivity index (χ4v) is 8.97. The van der Waals surface area contributed by atoms with Gasteiger partial charge in [0.05, 0.1) is 0 Å². The topological polar surface area (TPSA) is 0 Å². The molecule has 0 saturated carbocycles. The molecule has 0 amide bonds. The molecule has 0 nitrogen and oxygen atoms in total. The molecule has 0 aliphatic rings. The normalized spacial score (nSPS) is 11.7. The minimum absolute atomic E-state index is 0. The monoisotopic (exact) mass is 1010 g/mol. The van der Waals surface area contributed by atoms with Gasteiger partial charge in [-0.05, 0) is 148 Å². The second kappa shape index (κ2) is 22.0. The minimum atomic E-state index is 0. The van der Waals surface area contributed by atoms with Crippen LogP contribution in [0.4, 0.5) is 0 Å². The first-order valence-corrected chi connectivity index (χ1v) is 23.0. The summed E-state index contributed by atoms with van der Waals surface area (Å²) in [6, 6.07) is 48.2. The van der Waals surface area contributed by atoms with Gasteiger partial charge >= 0.3 is 0 Å². The summed E-state index contributed by atoms with van der Waals surface area (Å²) in [7, 11) is 0. The molecule has 0 aromatic heterocycles. The van der Waals surface area contributed by atoms with Gasteiger partial charge in [-0.2, -0.15) is 0 Å². The first-order valence-electron chi connectivity index (χ1n) is 23.0. The van der Waals surface area contributed by atoms with Crippen molar-refractivity contribution in [3.8, 4) is 44.5 Å². The van der Waals surface area contributed by atoms with Crippen LogP contribution in [0, 0.1) is 12.1 Å². The Labute approximate surface area is 396 Å². The molecule has 0 spiro atoms. The third kappa shape index (κ3) is 11.4. The van der Waals surface area contributed by atoms with E-state index in [4.69, 9.17) is 0 Å². The van der Waals surface area contributed by atoms with E-state index in [1.165, 1.54) is 89.0 Å². The molecule has 0 aliphatic carbocycles. The molecular formula is C60H78Pb. The predicted octanol–water partition coefficient (Wildman–Crippen LogP) is 18.7. The van der Waals surface area contributed by atoms with E-state index in [0.717, 1.165) is 0 Å². The maximum Gasteiger partial charge on any atom is 0 e. The number of hydrogen-bond donors (Lipinski definition) is 0. The van der Waals surface area contributed by atoms with Crippen LogP contribution in [0.25, 0.3) is 44.5 Å². The first-order chi connectivity index (χ1) is 28.4. The number of rotatable bonds is 12. The van der Waals surface area contributed by atoms with Crippen molar-refractivity contribution in [2.45, 2.75) is 158 Å². The molecule has 0 aliphatic heterocycles. The molecule has 0 fully saturated rings. The average molecular weight is 1010 g/mol. The summed E-state index contributed by atoms with van der Waals surface area (Å²) in [6.45, 7) is 36.6. The Balaban J connectivity index is 0.000000414. The quantitative estimate of drug-likeness (QED) is 0.107. The van der Waals surface area contributed by atoms with Gasteiger partial charge in [-0.3, -0.25) is 0 Å². The van der Waals surface area contributed by atoms with Crippen LogP contribution in [-0.4, -0.2) is 27.3 Å². The van der Waals surface area contributed by atoms with E-state index in [2.05, 4.69) is 232 Å². The molecule has 0 heterocycles. The number of benzene rings is 6. The van der Waals surface area contributed by atoms with Crippen molar-refractivity contribution in [3.63, 3.8) is 0 Å². The standard InChI is InChI=1S/2C30H37.Pb.2H2/c2*1-19(2)25-14-10-15-26(20(3)4)29(25)23-12-9-13-24(18-23)30-27(21(5)6)16-11-17-28(30)22(7)8;;;/h2*9-17,19-22H,1-8H3;;2*1H. The van der Waals surface area contributed by atoms with Gasteiger partial charge in [0, 0.05) is 30.2 Å². The third-order valence-corrected chi connectivity index (χ3v) is 12.2. The van der Waals surface area contributed by atoms with Crippen molar-refractivity contribution in [1.29, 1.82) is 0 Å². The third-order valence-electron chi connectivity index (χ3n) is 12.2. The van der Waals surface area contributed by atoms with E-state index >= 15 is 0 Å². The molecule has 1 heteroatoms. The molecule has 6 aromatic carbocycles. The summed E-state index contributed by atoms with van der Waals surface area (Å²) >= 11 is 0. The van der Waals surface area contributed by atoms with Gasteiger partial charge in [0.15, 0.2) is 0 Å². The summed E-state index contributed by atoms with van der Waals surface area (Å²) in [4.78, 5) is 0. The molecule has 6 radical (unpaired) electrons. The Hall–Kier alpha value is -3.76. The van der Waals surface area contributed by atoms with Crippen LogP contribution in [0.1, 0.15) is 205 Å². The Bertz CT molecular complexity index is 1930. The molecule has 0 unspecified atom stereocenters. The summed E-state index contributed by atoms with van der Waals surface area (Å²) in [5.41, 5.74) is 21.7. The molecule has 0 N–H and O–H groups in total. The largest absolute Gasteiger partial charge is 0.0617 e. The van der Waals surface area contributed by atoms with Gasteiger partial charge in [0.2, 0.25) is 0 Å². The van der Waals surface area contributed by atoms with E-state index in [-0.39, 0.29) is 30.2 Å². The van der Waals surface area contributed by atoms with Crippen LogP contribution in [0.5, 0.6) is 0 Å². The fourth-order valence-electron chi connectivity index (χ4n) is 8.97. The van der Waals surface area contributed by atoms with E-state index < -0.39 is 0 Å². The van der Waals surface area contributed by atoms with Crippen molar-refractivity contribution in [2.24, 2.45) is 0 Å². The van der Waals surface area contributed by atoms with Crippen molar-refractivity contribution in [3.05, 3.63) is 166 Å². The van der Waals surface area contributed by atoms with Gasteiger partial charge in [-0.25, -0.2) is 0 Å². The molecule has 6 rings (SSSR count). The second-order valence-electron chi connectivity index (χ2n) is 19.4. The van der Waals surface area contributed by atoms with Crippen molar-refractivity contribution < 1.29 is 2.85 Å². The molecular weight excluding hydrogens is 928 g/mol. The molecule has 322 valence electrons. The maximum atomic E-state index is 3.86. The van der Waals surface area contributed by atoms with Crippen molar-refractivity contribution in [1.82, 2.24) is 0 Å². The Morgan fingerprint density at radius 3 is 0.508 bits per heavy atom. The minimum Gasteiger partial charge on any atom is -0.0617 e. The van der Waals surface area contributed by atoms with E-state index in [1.54, 1.807) is 0 Å². The fraction of sp³-hybridized carbons (Fsp3) is 0.400. The van der Waals surface area contributed by atoms with E-state index in [9.17, 15) is 0 Å². The van der Waals surface area contributed by atoms with Gasteiger partial charge in [0.1, 0.15) is 0 Å². The zero-order valence-corrected chi connectivity index (χ0v) is 44.4. The average Bonchev–Trinajstić information content (AvgIpc) is 3.22. The summed E-state index contributed by atoms with van der Waals surface area (Å²) in [5.74, 6) is 3.81. The zero-order valence-electron chi connectivity index (χ0n) is 40.5. The van der Waals surface area contributed by atoms with Crippen molar-refractivity contribution in [2.75, 3.05) is 0 Å². The van der Waals surface area contributed by atoms with Gasteiger partial charge in [-0.1, -0.05) is 220 Å². The first kappa shape index (κ1) is 49.9. The smallest absolute Gasteiger partial charge is 0 e. The Kier molecular flexibility index (Phi) is 18.0. The van der Waals surface area contributed by atoms with Crippen LogP contribution >= 0.6 is 0 Å². The zero-order chi connectivity index (χ0) is 44.0. The van der Waals surface area contributed by atoms with Gasteiger partial charge in [-0.15, -0.1) is 0 Å². The van der Waals surface area contributed by atoms with Gasteiger partial charge in [0.25, 0.3) is 0 Å². The SMILES string of the molecule is CC(C)c1cccc(C(C)C)c1-c1[c]c(-c2c(C(C)C)cccc2C(C)C)ccc1.CC(C)c1cccc(C(C)C)c1-c1[c]c(-c2c(C(C)C)cccc2C(C)C)ccc1.[HH].[HH].[Pb]. The molecule has 6 aromatic rings. The van der Waals surface area contributed by atoms with Gasteiger partial charge < -0.3 is 0 Å². The summed E-state index contributed by atoms with van der Waals surface area (Å²) in [6.07, 6.45) is 0. The Morgan fingerprint density at radius 1 is 0.246 bits per heavy atom. The van der Waals surface area contributed by atoms with Crippen LogP contribution in [0.2, 0.25) is 0 Å².